The van der Waals surface area contributed by atoms with Crippen molar-refractivity contribution in [3.05, 3.63) is 111 Å². The minimum Gasteiger partial charge on any atom is -0.344 e. The molecule has 1 amide bonds. The summed E-state index contributed by atoms with van der Waals surface area (Å²) in [5.74, 6) is 0.413. The molecule has 4 aromatic rings. The Kier molecular flexibility index (Phi) is 9.92. The van der Waals surface area contributed by atoms with Crippen LogP contribution in [0.2, 0.25) is 0 Å². The zero-order chi connectivity index (χ0) is 27.2. The minimum absolute atomic E-state index is 0.0353. The van der Waals surface area contributed by atoms with Crippen LogP contribution in [0.25, 0.3) is 10.8 Å². The number of fused-ring (bicyclic) bond motifs is 1. The van der Waals surface area contributed by atoms with Crippen LogP contribution in [0, 0.1) is 6.92 Å². The first-order valence-corrected chi connectivity index (χ1v) is 13.6. The molecule has 0 saturated carbocycles. The number of alkyl halides is 2. The van der Waals surface area contributed by atoms with E-state index in [2.05, 4.69) is 64.3 Å². The third kappa shape index (κ3) is 7.90. The molecule has 3 atom stereocenters. The normalized spacial score (nSPS) is 12.9. The Labute approximate surface area is 228 Å². The molecule has 0 bridgehead atoms. The van der Waals surface area contributed by atoms with E-state index in [-0.39, 0.29) is 17.5 Å². The predicted octanol–water partition coefficient (Wildman–Crippen LogP) is 8.92. The van der Waals surface area contributed by atoms with E-state index in [0.29, 0.717) is 11.5 Å². The summed E-state index contributed by atoms with van der Waals surface area (Å²) in [6.45, 7) is 8.24. The second kappa shape index (κ2) is 12.7. The van der Waals surface area contributed by atoms with E-state index < -0.39 is 5.66 Å². The lowest BCUT2D eigenvalue weighted by atomic mass is 9.92. The van der Waals surface area contributed by atoms with Gasteiger partial charge in [0, 0.05) is 21.8 Å². The van der Waals surface area contributed by atoms with Gasteiger partial charge in [-0.25, -0.2) is 0 Å². The second-order valence-electron chi connectivity index (χ2n) is 9.18. The lowest BCUT2D eigenvalue weighted by Crippen LogP contribution is -2.27. The molecule has 0 aliphatic heterocycles. The van der Waals surface area contributed by atoms with Crippen molar-refractivity contribution >= 4 is 41.8 Å². The van der Waals surface area contributed by atoms with Gasteiger partial charge in [-0.05, 0) is 66.8 Å². The average molecular weight is 585 g/mol. The first kappa shape index (κ1) is 28.9. The fourth-order valence-corrected chi connectivity index (χ4v) is 4.43. The van der Waals surface area contributed by atoms with Crippen molar-refractivity contribution in [2.24, 2.45) is 0 Å². The number of hydrogen-bond donors (Lipinski definition) is 1. The number of carbonyl (C=O) groups excluding carboxylic acids is 1. The van der Waals surface area contributed by atoms with Crippen LogP contribution >= 0.6 is 25.2 Å². The van der Waals surface area contributed by atoms with Gasteiger partial charge in [-0.1, -0.05) is 93.1 Å². The zero-order valence-electron chi connectivity index (χ0n) is 21.4. The molecule has 3 nitrogen and oxygen atoms in total. The Hall–Kier alpha value is -2.69. The molecule has 0 aliphatic rings. The number of aromatic nitrogens is 1. The molecule has 1 heterocycles. The number of pyridine rings is 1. The van der Waals surface area contributed by atoms with Gasteiger partial charge < -0.3 is 5.32 Å². The van der Waals surface area contributed by atoms with Gasteiger partial charge in [0.05, 0.1) is 11.7 Å². The molecule has 37 heavy (non-hydrogen) atoms. The highest BCUT2D eigenvalue weighted by Crippen LogP contribution is 2.34. The molecule has 0 saturated heterocycles. The summed E-state index contributed by atoms with van der Waals surface area (Å²) >= 11 is 3.44. The number of benzene rings is 3. The molecule has 1 N–H and O–H groups in total. The van der Waals surface area contributed by atoms with Crippen LogP contribution in [0.5, 0.6) is 0 Å². The highest BCUT2D eigenvalue weighted by atomic mass is 79.9. The smallest absolute Gasteiger partial charge is 0.283 e. The first-order chi connectivity index (χ1) is 17.5. The van der Waals surface area contributed by atoms with Crippen molar-refractivity contribution in [1.82, 2.24) is 10.3 Å². The number of nitrogens with one attached hydrogen (secondary N) is 1. The van der Waals surface area contributed by atoms with Gasteiger partial charge in [0.25, 0.3) is 11.6 Å². The van der Waals surface area contributed by atoms with Gasteiger partial charge in [0.2, 0.25) is 0 Å². The summed E-state index contributed by atoms with van der Waals surface area (Å²) in [6, 6.07) is 22.1. The molecular weight excluding hydrogens is 553 g/mol. The van der Waals surface area contributed by atoms with Crippen LogP contribution in [-0.4, -0.2) is 10.9 Å². The molecule has 1 aromatic heterocycles. The molecule has 0 fully saturated rings. The Morgan fingerprint density at radius 1 is 1.05 bits per heavy atom. The van der Waals surface area contributed by atoms with Crippen LogP contribution in [0.1, 0.15) is 71.9 Å². The van der Waals surface area contributed by atoms with Crippen LogP contribution in [-0.2, 0) is 5.66 Å². The summed E-state index contributed by atoms with van der Waals surface area (Å²) in [7, 11) is 1.51. The summed E-state index contributed by atoms with van der Waals surface area (Å²) in [5.41, 5.74) is 1.06. The maximum Gasteiger partial charge on any atom is 0.283 e. The molecule has 0 radical (unpaired) electrons. The molecule has 7 heteroatoms. The maximum atomic E-state index is 12.7. The fraction of sp³-hybridized carbons (Fsp3) is 0.267. The SMILES string of the molecule is CCC(C)c1cccc2cc(C(=O)NC(C)c3cc(Br)ccn3)ccc12.Cc1ccc(C(F)(F)P)cc1. The van der Waals surface area contributed by atoms with E-state index >= 15 is 0 Å². The molecule has 3 aromatic carbocycles. The Morgan fingerprint density at radius 2 is 1.76 bits per heavy atom. The Bertz CT molecular complexity index is 1360. The van der Waals surface area contributed by atoms with Gasteiger partial charge in [0.1, 0.15) is 0 Å². The van der Waals surface area contributed by atoms with Gasteiger partial charge in [0.15, 0.2) is 0 Å². The molecule has 0 aliphatic carbocycles. The minimum atomic E-state index is -2.80. The van der Waals surface area contributed by atoms with Crippen molar-refractivity contribution in [3.63, 3.8) is 0 Å². The van der Waals surface area contributed by atoms with E-state index in [9.17, 15) is 13.6 Å². The Balaban J connectivity index is 0.000000289. The van der Waals surface area contributed by atoms with E-state index in [0.717, 1.165) is 27.5 Å². The van der Waals surface area contributed by atoms with Crippen LogP contribution < -0.4 is 5.32 Å². The molecular formula is C30H32BrF2N2OP. The van der Waals surface area contributed by atoms with Crippen molar-refractivity contribution in [2.75, 3.05) is 0 Å². The standard InChI is InChI=1S/C22H23BrN2O.C8H9F2P/c1-4-14(2)19-7-5-6-16-12-17(8-9-20(16)19)22(26)25-15(3)21-13-18(23)10-11-24-21;1-6-2-4-7(5-3-6)8(9,10)11/h5-15H,4H2,1-3H3,(H,25,26);2-5H,11H2,1H3. The fourth-order valence-electron chi connectivity index (χ4n) is 3.89. The van der Waals surface area contributed by atoms with Crippen molar-refractivity contribution < 1.29 is 13.6 Å². The van der Waals surface area contributed by atoms with Gasteiger partial charge in [-0.2, -0.15) is 8.78 Å². The summed E-state index contributed by atoms with van der Waals surface area (Å²) < 4.78 is 26.0. The lowest BCUT2D eigenvalue weighted by Gasteiger charge is -2.15. The first-order valence-electron chi connectivity index (χ1n) is 12.2. The van der Waals surface area contributed by atoms with Crippen LogP contribution in [0.15, 0.2) is 83.5 Å². The molecule has 194 valence electrons. The lowest BCUT2D eigenvalue weighted by molar-refractivity contribution is 0.0938. The number of rotatable bonds is 6. The van der Waals surface area contributed by atoms with E-state index in [1.54, 1.807) is 18.3 Å². The van der Waals surface area contributed by atoms with E-state index in [1.807, 2.05) is 38.1 Å². The molecule has 0 spiro atoms. The van der Waals surface area contributed by atoms with Crippen LogP contribution in [0.4, 0.5) is 8.78 Å². The third-order valence-corrected chi connectivity index (χ3v) is 7.12. The third-order valence-electron chi connectivity index (χ3n) is 6.29. The number of hydrogen-bond acceptors (Lipinski definition) is 2. The predicted molar refractivity (Wildman–Crippen MR) is 155 cm³/mol. The number of halogens is 3. The number of carbonyl (C=O) groups is 1. The van der Waals surface area contributed by atoms with Gasteiger partial charge in [-0.3, -0.25) is 9.78 Å². The van der Waals surface area contributed by atoms with Crippen LogP contribution in [0.3, 0.4) is 0 Å². The maximum absolute atomic E-state index is 12.7. The highest BCUT2D eigenvalue weighted by Gasteiger charge is 2.23. The quantitative estimate of drug-likeness (QED) is 0.230. The van der Waals surface area contributed by atoms with E-state index in [1.165, 1.54) is 32.3 Å². The number of aryl methyl sites for hydroxylation is 1. The van der Waals surface area contributed by atoms with E-state index in [4.69, 9.17) is 0 Å². The summed E-state index contributed by atoms with van der Waals surface area (Å²) in [5, 5.41) is 5.35. The highest BCUT2D eigenvalue weighted by molar-refractivity contribution is 9.10. The molecule has 4 rings (SSSR count). The number of amides is 1. The zero-order valence-corrected chi connectivity index (χ0v) is 24.2. The second-order valence-corrected chi connectivity index (χ2v) is 10.8. The largest absolute Gasteiger partial charge is 0.344 e. The van der Waals surface area contributed by atoms with Crippen molar-refractivity contribution in [1.29, 1.82) is 0 Å². The van der Waals surface area contributed by atoms with Gasteiger partial charge >= 0.3 is 0 Å². The summed E-state index contributed by atoms with van der Waals surface area (Å²) in [6.07, 6.45) is 2.83. The average Bonchev–Trinajstić information content (AvgIpc) is 2.87. The monoisotopic (exact) mass is 584 g/mol. The molecule has 3 unspecified atom stereocenters. The topological polar surface area (TPSA) is 42.0 Å². The summed E-state index contributed by atoms with van der Waals surface area (Å²) in [4.78, 5) is 17.0. The Morgan fingerprint density at radius 3 is 2.38 bits per heavy atom. The van der Waals surface area contributed by atoms with Crippen molar-refractivity contribution in [2.45, 2.75) is 51.7 Å². The number of nitrogens with zero attached hydrogens (tertiary/aromatic N) is 1. The van der Waals surface area contributed by atoms with Gasteiger partial charge in [-0.15, -0.1) is 0 Å². The van der Waals surface area contributed by atoms with Crippen molar-refractivity contribution in [3.8, 4) is 0 Å².